The van der Waals surface area contributed by atoms with Crippen LogP contribution in [-0.2, 0) is 9.47 Å². The largest absolute Gasteiger partial charge is 0.497 e. The van der Waals surface area contributed by atoms with Gasteiger partial charge in [-0.15, -0.1) is 0 Å². The van der Waals surface area contributed by atoms with E-state index in [4.69, 9.17) is 28.4 Å². The zero-order valence-electron chi connectivity index (χ0n) is 21.4. The molecular weight excluding hydrogens is 468 g/mol. The molecule has 0 atom stereocenters. The monoisotopic (exact) mass is 504 g/mol. The number of nitrogens with one attached hydrogen (secondary N) is 2. The molecule has 10 nitrogen and oxygen atoms in total. The van der Waals surface area contributed by atoms with Gasteiger partial charge in [0.05, 0.1) is 25.3 Å². The first-order valence-electron chi connectivity index (χ1n) is 11.7. The number of amides is 2. The molecule has 0 bridgehead atoms. The van der Waals surface area contributed by atoms with Crippen LogP contribution in [-0.4, -0.2) is 66.9 Å². The fourth-order valence-electron chi connectivity index (χ4n) is 3.32. The van der Waals surface area contributed by atoms with Crippen LogP contribution in [0.1, 0.15) is 46.4 Å². The molecule has 0 aromatic heterocycles. The third kappa shape index (κ3) is 9.27. The second-order valence-electron chi connectivity index (χ2n) is 7.75. The minimum atomic E-state index is -0.220. The lowest BCUT2D eigenvalue weighted by Gasteiger charge is -2.13. The summed E-state index contributed by atoms with van der Waals surface area (Å²) in [6, 6.07) is 10.1. The zero-order valence-corrected chi connectivity index (χ0v) is 21.4. The Morgan fingerprint density at radius 1 is 0.639 bits per heavy atom. The first-order chi connectivity index (χ1) is 17.5. The molecule has 0 spiro atoms. The van der Waals surface area contributed by atoms with Crippen LogP contribution in [0.15, 0.2) is 36.4 Å². The maximum absolute atomic E-state index is 12.6. The first-order valence-corrected chi connectivity index (χ1v) is 11.7. The Hall–Kier alpha value is -3.50. The van der Waals surface area contributed by atoms with Gasteiger partial charge in [0.15, 0.2) is 13.6 Å². The van der Waals surface area contributed by atoms with Gasteiger partial charge in [0.2, 0.25) is 0 Å². The summed E-state index contributed by atoms with van der Waals surface area (Å²) in [5.74, 6) is 1.55. The summed E-state index contributed by atoms with van der Waals surface area (Å²) in [7, 11) is 6.13. The number of ether oxygens (including phenoxy) is 6. The van der Waals surface area contributed by atoms with E-state index in [9.17, 15) is 9.59 Å². The summed E-state index contributed by atoms with van der Waals surface area (Å²) in [5, 5.41) is 5.82. The van der Waals surface area contributed by atoms with Crippen molar-refractivity contribution in [3.63, 3.8) is 0 Å². The second-order valence-corrected chi connectivity index (χ2v) is 7.75. The highest BCUT2D eigenvalue weighted by atomic mass is 16.7. The molecule has 198 valence electrons. The summed E-state index contributed by atoms with van der Waals surface area (Å²) in [6.45, 7) is 1.13. The van der Waals surface area contributed by atoms with Crippen molar-refractivity contribution in [2.24, 2.45) is 0 Å². The van der Waals surface area contributed by atoms with Gasteiger partial charge in [-0.05, 0) is 37.1 Å². The number of methoxy groups -OCH3 is 4. The molecule has 0 saturated heterocycles. The van der Waals surface area contributed by atoms with E-state index < -0.39 is 0 Å². The Balaban J connectivity index is 1.70. The molecule has 0 aliphatic rings. The maximum Gasteiger partial charge on any atom is 0.255 e. The molecule has 0 unspecified atom stereocenters. The van der Waals surface area contributed by atoms with Gasteiger partial charge in [-0.25, -0.2) is 0 Å². The Labute approximate surface area is 212 Å². The Kier molecular flexibility index (Phi) is 12.9. The molecule has 0 aliphatic carbocycles. The molecular formula is C26H36N2O8. The summed E-state index contributed by atoms with van der Waals surface area (Å²) < 4.78 is 31.2. The number of hydrogen-bond donors (Lipinski definition) is 2. The quantitative estimate of drug-likeness (QED) is 0.249. The van der Waals surface area contributed by atoms with Crippen LogP contribution in [0.5, 0.6) is 23.0 Å². The van der Waals surface area contributed by atoms with Crippen molar-refractivity contribution in [2.45, 2.75) is 25.7 Å². The number of benzene rings is 2. The van der Waals surface area contributed by atoms with E-state index in [0.29, 0.717) is 47.2 Å². The van der Waals surface area contributed by atoms with E-state index in [1.807, 2.05) is 0 Å². The number of carbonyl (C=O) groups excluding carboxylic acids is 2. The van der Waals surface area contributed by atoms with Gasteiger partial charge in [0, 0.05) is 39.4 Å². The summed E-state index contributed by atoms with van der Waals surface area (Å²) in [6.07, 6.45) is 3.46. The van der Waals surface area contributed by atoms with E-state index in [1.54, 1.807) is 50.6 Å². The summed E-state index contributed by atoms with van der Waals surface area (Å²) in [4.78, 5) is 25.1. The standard InChI is InChI=1S/C26H36N2O8/c1-31-17-35-23-15-19(33-3)9-11-21(23)25(29)27-13-7-5-6-8-14-28-26(30)22-12-10-20(34-4)16-24(22)36-18-32-2/h9-12,15-16H,5-8,13-14,17-18H2,1-4H3,(H,27,29)(H,28,30). The third-order valence-corrected chi connectivity index (χ3v) is 5.21. The lowest BCUT2D eigenvalue weighted by molar-refractivity contribution is 0.0496. The van der Waals surface area contributed by atoms with Crippen molar-refractivity contribution in [1.82, 2.24) is 10.6 Å². The Morgan fingerprint density at radius 3 is 1.42 bits per heavy atom. The molecule has 2 N–H and O–H groups in total. The zero-order chi connectivity index (χ0) is 26.2. The predicted octanol–water partition coefficient (Wildman–Crippen LogP) is 3.39. The lowest BCUT2D eigenvalue weighted by Crippen LogP contribution is -2.26. The van der Waals surface area contributed by atoms with Crippen molar-refractivity contribution >= 4 is 11.8 Å². The van der Waals surface area contributed by atoms with Crippen LogP contribution in [0.4, 0.5) is 0 Å². The molecule has 10 heteroatoms. The topological polar surface area (TPSA) is 114 Å². The van der Waals surface area contributed by atoms with Crippen molar-refractivity contribution in [3.05, 3.63) is 47.5 Å². The van der Waals surface area contributed by atoms with Gasteiger partial charge in [-0.1, -0.05) is 12.8 Å². The van der Waals surface area contributed by atoms with Gasteiger partial charge in [-0.2, -0.15) is 0 Å². The summed E-state index contributed by atoms with van der Waals surface area (Å²) >= 11 is 0. The highest BCUT2D eigenvalue weighted by Gasteiger charge is 2.15. The predicted molar refractivity (Wildman–Crippen MR) is 134 cm³/mol. The van der Waals surface area contributed by atoms with E-state index >= 15 is 0 Å². The van der Waals surface area contributed by atoms with Crippen molar-refractivity contribution in [2.75, 3.05) is 55.1 Å². The average molecular weight is 505 g/mol. The van der Waals surface area contributed by atoms with Gasteiger partial charge in [0.1, 0.15) is 23.0 Å². The normalized spacial score (nSPS) is 10.4. The van der Waals surface area contributed by atoms with Crippen molar-refractivity contribution < 1.29 is 38.0 Å². The Bertz CT molecular complexity index is 889. The van der Waals surface area contributed by atoms with E-state index in [-0.39, 0.29) is 25.4 Å². The molecule has 36 heavy (non-hydrogen) atoms. The fraction of sp³-hybridized carbons (Fsp3) is 0.462. The van der Waals surface area contributed by atoms with Crippen LogP contribution in [0.25, 0.3) is 0 Å². The van der Waals surface area contributed by atoms with Crippen molar-refractivity contribution in [3.8, 4) is 23.0 Å². The van der Waals surface area contributed by atoms with Crippen LogP contribution in [0, 0.1) is 0 Å². The third-order valence-electron chi connectivity index (χ3n) is 5.21. The van der Waals surface area contributed by atoms with Crippen LogP contribution in [0.2, 0.25) is 0 Å². The molecule has 2 amide bonds. The van der Waals surface area contributed by atoms with Crippen LogP contribution >= 0.6 is 0 Å². The molecule has 2 aromatic carbocycles. The molecule has 2 rings (SSSR count). The second kappa shape index (κ2) is 16.2. The maximum atomic E-state index is 12.6. The number of carbonyl (C=O) groups is 2. The van der Waals surface area contributed by atoms with Gasteiger partial charge in [0.25, 0.3) is 11.8 Å². The van der Waals surface area contributed by atoms with Crippen molar-refractivity contribution in [1.29, 1.82) is 0 Å². The smallest absolute Gasteiger partial charge is 0.255 e. The number of hydrogen-bond acceptors (Lipinski definition) is 8. The summed E-state index contributed by atoms with van der Waals surface area (Å²) in [5.41, 5.74) is 0.839. The van der Waals surface area contributed by atoms with Gasteiger partial charge < -0.3 is 39.1 Å². The SMILES string of the molecule is COCOc1cc(OC)ccc1C(=O)NCCCCCCNC(=O)c1ccc(OC)cc1OCOC. The van der Waals surface area contributed by atoms with Gasteiger partial charge >= 0.3 is 0 Å². The fourth-order valence-corrected chi connectivity index (χ4v) is 3.32. The highest BCUT2D eigenvalue weighted by molar-refractivity contribution is 5.97. The molecule has 0 saturated carbocycles. The lowest BCUT2D eigenvalue weighted by atomic mass is 10.1. The van der Waals surface area contributed by atoms with E-state index in [0.717, 1.165) is 25.7 Å². The first kappa shape index (κ1) is 28.7. The molecule has 2 aromatic rings. The van der Waals surface area contributed by atoms with Gasteiger partial charge in [-0.3, -0.25) is 9.59 Å². The number of rotatable bonds is 17. The number of unbranched alkanes of at least 4 members (excludes halogenated alkanes) is 3. The molecule has 0 aliphatic heterocycles. The average Bonchev–Trinajstić information content (AvgIpc) is 2.91. The van der Waals surface area contributed by atoms with E-state index in [2.05, 4.69) is 10.6 Å². The van der Waals surface area contributed by atoms with Crippen LogP contribution in [0.3, 0.4) is 0 Å². The molecule has 0 heterocycles. The minimum absolute atomic E-state index is 0.0317. The minimum Gasteiger partial charge on any atom is -0.497 e. The molecule has 0 radical (unpaired) electrons. The Morgan fingerprint density at radius 2 is 1.06 bits per heavy atom. The van der Waals surface area contributed by atoms with Crippen LogP contribution < -0.4 is 29.6 Å². The highest BCUT2D eigenvalue weighted by Crippen LogP contribution is 2.26. The van der Waals surface area contributed by atoms with E-state index in [1.165, 1.54) is 14.2 Å². The molecule has 0 fully saturated rings.